The van der Waals surface area contributed by atoms with Gasteiger partial charge in [-0.25, -0.2) is 4.98 Å². The Kier molecular flexibility index (Phi) is 4.81. The van der Waals surface area contributed by atoms with Crippen molar-refractivity contribution >= 4 is 15.9 Å². The van der Waals surface area contributed by atoms with E-state index in [1.165, 1.54) is 0 Å². The summed E-state index contributed by atoms with van der Waals surface area (Å²) in [4.78, 5) is 7.51. The molecular weight excluding hydrogens is 370 g/mol. The smallest absolute Gasteiger partial charge is 0.434 e. The first-order chi connectivity index (χ1) is 9.21. The van der Waals surface area contributed by atoms with Crippen molar-refractivity contribution in [3.63, 3.8) is 0 Å². The van der Waals surface area contributed by atoms with Crippen LogP contribution in [-0.4, -0.2) is 28.4 Å². The molecular formula is C11H11BrF6N2O. The molecule has 0 fully saturated rings. The third-order valence-corrected chi connectivity index (χ3v) is 2.58. The van der Waals surface area contributed by atoms with Crippen LogP contribution in [0.2, 0.25) is 0 Å². The maximum absolute atomic E-state index is 12.4. The fraction of sp³-hybridized carbons (Fsp3) is 0.636. The number of ether oxygens (including phenoxy) is 1. The van der Waals surface area contributed by atoms with Gasteiger partial charge in [0.1, 0.15) is 10.4 Å². The summed E-state index contributed by atoms with van der Waals surface area (Å²) < 4.78 is 78.7. The number of hydrogen-bond donors (Lipinski definition) is 0. The first-order valence-electron chi connectivity index (χ1n) is 5.56. The molecule has 1 aromatic rings. The van der Waals surface area contributed by atoms with Gasteiger partial charge in [0.05, 0.1) is 0 Å². The molecule has 0 radical (unpaired) electrons. The quantitative estimate of drug-likeness (QED) is 0.563. The fourth-order valence-electron chi connectivity index (χ4n) is 1.23. The van der Waals surface area contributed by atoms with Gasteiger partial charge in [0.2, 0.25) is 5.88 Å². The van der Waals surface area contributed by atoms with Gasteiger partial charge in [-0.05, 0) is 15.9 Å². The highest BCUT2D eigenvalue weighted by Crippen LogP contribution is 2.36. The second-order valence-corrected chi connectivity index (χ2v) is 6.00. The molecule has 0 saturated heterocycles. The molecule has 1 heterocycles. The molecule has 0 bridgehead atoms. The standard InChI is InChI=1S/C11H11BrF6N2O/c1-9(2,3)8-19-5(12)4-6(20-8)21-7(10(13,14)15)11(16,17)18/h4,7H,1-3H3. The molecule has 0 amide bonds. The monoisotopic (exact) mass is 380 g/mol. The molecule has 0 unspecified atom stereocenters. The largest absolute Gasteiger partial charge is 0.455 e. The van der Waals surface area contributed by atoms with Gasteiger partial charge in [-0.2, -0.15) is 31.3 Å². The van der Waals surface area contributed by atoms with Crippen molar-refractivity contribution in [2.45, 2.75) is 44.6 Å². The molecule has 0 aliphatic heterocycles. The van der Waals surface area contributed by atoms with Crippen molar-refractivity contribution in [1.29, 1.82) is 0 Å². The fourth-order valence-corrected chi connectivity index (χ4v) is 1.60. The zero-order valence-corrected chi connectivity index (χ0v) is 12.7. The van der Waals surface area contributed by atoms with Crippen molar-refractivity contribution < 1.29 is 31.1 Å². The molecule has 1 aromatic heterocycles. The lowest BCUT2D eigenvalue weighted by atomic mass is 9.96. The lowest BCUT2D eigenvalue weighted by Gasteiger charge is -2.24. The Morgan fingerprint density at radius 1 is 1.00 bits per heavy atom. The molecule has 0 aromatic carbocycles. The predicted molar refractivity (Wildman–Crippen MR) is 65.0 cm³/mol. The van der Waals surface area contributed by atoms with E-state index in [0.717, 1.165) is 6.07 Å². The van der Waals surface area contributed by atoms with E-state index in [9.17, 15) is 26.3 Å². The van der Waals surface area contributed by atoms with Crippen LogP contribution < -0.4 is 4.74 Å². The molecule has 0 N–H and O–H groups in total. The highest BCUT2D eigenvalue weighted by molar-refractivity contribution is 9.10. The van der Waals surface area contributed by atoms with Crippen LogP contribution in [0.4, 0.5) is 26.3 Å². The van der Waals surface area contributed by atoms with Crippen molar-refractivity contribution in [3.05, 3.63) is 16.5 Å². The Morgan fingerprint density at radius 3 is 1.86 bits per heavy atom. The maximum Gasteiger partial charge on any atom is 0.434 e. The van der Waals surface area contributed by atoms with Crippen LogP contribution in [0.1, 0.15) is 26.6 Å². The third kappa shape index (κ3) is 5.01. The molecule has 120 valence electrons. The zero-order valence-electron chi connectivity index (χ0n) is 11.1. The lowest BCUT2D eigenvalue weighted by Crippen LogP contribution is -2.46. The Morgan fingerprint density at radius 2 is 1.48 bits per heavy atom. The Balaban J connectivity index is 3.20. The zero-order chi connectivity index (χ0) is 16.6. The van der Waals surface area contributed by atoms with Crippen molar-refractivity contribution in [2.75, 3.05) is 0 Å². The summed E-state index contributed by atoms with van der Waals surface area (Å²) in [5, 5.41) is 0. The van der Waals surface area contributed by atoms with E-state index in [0.29, 0.717) is 0 Å². The Labute approximate surface area is 124 Å². The number of alkyl halides is 6. The van der Waals surface area contributed by atoms with Crippen LogP contribution >= 0.6 is 15.9 Å². The van der Waals surface area contributed by atoms with Crippen LogP contribution in [0, 0.1) is 0 Å². The Hall–Kier alpha value is -1.06. The second-order valence-electron chi connectivity index (χ2n) is 5.18. The minimum Gasteiger partial charge on any atom is -0.455 e. The van der Waals surface area contributed by atoms with E-state index in [1.54, 1.807) is 20.8 Å². The normalized spacial score (nSPS) is 13.7. The average molecular weight is 381 g/mol. The average Bonchev–Trinajstić information content (AvgIpc) is 2.20. The van der Waals surface area contributed by atoms with E-state index in [4.69, 9.17) is 0 Å². The van der Waals surface area contributed by atoms with E-state index in [2.05, 4.69) is 30.6 Å². The summed E-state index contributed by atoms with van der Waals surface area (Å²) >= 11 is 2.90. The van der Waals surface area contributed by atoms with E-state index >= 15 is 0 Å². The van der Waals surface area contributed by atoms with E-state index in [1.807, 2.05) is 0 Å². The van der Waals surface area contributed by atoms with Crippen molar-refractivity contribution in [2.24, 2.45) is 0 Å². The number of halogens is 7. The summed E-state index contributed by atoms with van der Waals surface area (Å²) in [7, 11) is 0. The van der Waals surface area contributed by atoms with Crippen molar-refractivity contribution in [3.8, 4) is 5.88 Å². The summed E-state index contributed by atoms with van der Waals surface area (Å²) in [6.07, 6.45) is -15.1. The number of hydrogen-bond acceptors (Lipinski definition) is 3. The Bertz CT molecular complexity index is 495. The van der Waals surface area contributed by atoms with Gasteiger partial charge >= 0.3 is 12.4 Å². The lowest BCUT2D eigenvalue weighted by molar-refractivity contribution is -0.300. The first kappa shape index (κ1) is 18.0. The van der Waals surface area contributed by atoms with Crippen molar-refractivity contribution in [1.82, 2.24) is 9.97 Å². The predicted octanol–water partition coefficient (Wildman–Crippen LogP) is 4.41. The highest BCUT2D eigenvalue weighted by Gasteiger charge is 2.59. The molecule has 0 aliphatic carbocycles. The highest BCUT2D eigenvalue weighted by atomic mass is 79.9. The minimum atomic E-state index is -5.60. The second kappa shape index (κ2) is 5.62. The van der Waals surface area contributed by atoms with Gasteiger partial charge in [0.15, 0.2) is 0 Å². The summed E-state index contributed by atoms with van der Waals surface area (Å²) in [5.74, 6) is -0.753. The van der Waals surface area contributed by atoms with E-state index in [-0.39, 0.29) is 10.4 Å². The van der Waals surface area contributed by atoms with Crippen LogP contribution in [0.5, 0.6) is 5.88 Å². The molecule has 21 heavy (non-hydrogen) atoms. The molecule has 0 saturated carbocycles. The summed E-state index contributed by atoms with van der Waals surface area (Å²) in [5.41, 5.74) is -0.673. The molecule has 0 atom stereocenters. The van der Waals surface area contributed by atoms with Gasteiger partial charge < -0.3 is 4.74 Å². The molecule has 3 nitrogen and oxygen atoms in total. The van der Waals surface area contributed by atoms with E-state index < -0.39 is 29.8 Å². The van der Waals surface area contributed by atoms with Gasteiger partial charge in [-0.1, -0.05) is 20.8 Å². The van der Waals surface area contributed by atoms with Gasteiger partial charge in [-0.3, -0.25) is 0 Å². The summed E-state index contributed by atoms with van der Waals surface area (Å²) in [6, 6.07) is 0.847. The number of nitrogens with zero attached hydrogens (tertiary/aromatic N) is 2. The summed E-state index contributed by atoms with van der Waals surface area (Å²) in [6.45, 7) is 4.97. The minimum absolute atomic E-state index is 0.0283. The molecule has 10 heteroatoms. The van der Waals surface area contributed by atoms with Gasteiger partial charge in [0, 0.05) is 11.5 Å². The topological polar surface area (TPSA) is 35.0 Å². The number of aromatic nitrogens is 2. The van der Waals surface area contributed by atoms with Gasteiger partial charge in [-0.15, -0.1) is 0 Å². The number of rotatable bonds is 2. The molecule has 1 rings (SSSR count). The van der Waals surface area contributed by atoms with Crippen LogP contribution in [0.3, 0.4) is 0 Å². The SMILES string of the molecule is CC(C)(C)c1nc(Br)cc(OC(C(F)(F)F)C(F)(F)F)n1. The van der Waals surface area contributed by atoms with Crippen LogP contribution in [0.15, 0.2) is 10.7 Å². The third-order valence-electron chi connectivity index (χ3n) is 2.18. The first-order valence-corrected chi connectivity index (χ1v) is 6.35. The molecule has 0 aliphatic rings. The maximum atomic E-state index is 12.4. The van der Waals surface area contributed by atoms with Crippen LogP contribution in [0.25, 0.3) is 0 Å². The van der Waals surface area contributed by atoms with Gasteiger partial charge in [0.25, 0.3) is 6.10 Å². The van der Waals surface area contributed by atoms with Crippen LogP contribution in [-0.2, 0) is 5.41 Å². The molecule has 0 spiro atoms.